The average Bonchev–Trinajstić information content (AvgIpc) is 2.91. The van der Waals surface area contributed by atoms with Crippen LogP contribution in [0.2, 0.25) is 0 Å². The molecule has 0 bridgehead atoms. The van der Waals surface area contributed by atoms with E-state index < -0.39 is 11.2 Å². The van der Waals surface area contributed by atoms with Crippen LogP contribution in [0.4, 0.5) is 0 Å². The van der Waals surface area contributed by atoms with Gasteiger partial charge in [0.15, 0.2) is 17.5 Å². The Bertz CT molecular complexity index is 1470. The summed E-state index contributed by atoms with van der Waals surface area (Å²) in [7, 11) is 0.420. The molecule has 5 nitrogen and oxygen atoms in total. The SMILES string of the molecule is CC(C)(O)C(C)(C)OBc1ccc2cc(-c3nc(-c4ccccc4)nc(-c4ccccc4)n3)ccc2c1. The Balaban J connectivity index is 1.50. The molecule has 4 aromatic carbocycles. The van der Waals surface area contributed by atoms with Gasteiger partial charge >= 0.3 is 7.48 Å². The average molecular weight is 487 g/mol. The highest BCUT2D eigenvalue weighted by atomic mass is 16.5. The Labute approximate surface area is 218 Å². The molecule has 1 aromatic heterocycles. The molecule has 0 amide bonds. The maximum absolute atomic E-state index is 10.4. The Morgan fingerprint density at radius 2 is 1.08 bits per heavy atom. The summed E-state index contributed by atoms with van der Waals surface area (Å²) in [6, 6.07) is 32.5. The van der Waals surface area contributed by atoms with E-state index in [0.29, 0.717) is 25.0 Å². The summed E-state index contributed by atoms with van der Waals surface area (Å²) >= 11 is 0. The molecule has 5 rings (SSSR count). The number of fused-ring (bicyclic) bond motifs is 1. The fourth-order valence-electron chi connectivity index (χ4n) is 3.90. The van der Waals surface area contributed by atoms with E-state index in [1.165, 1.54) is 0 Å². The van der Waals surface area contributed by atoms with Crippen molar-refractivity contribution in [2.75, 3.05) is 0 Å². The molecule has 0 atom stereocenters. The maximum Gasteiger partial charge on any atom is 0.309 e. The number of aliphatic hydroxyl groups is 1. The summed E-state index contributed by atoms with van der Waals surface area (Å²) < 4.78 is 6.06. The third-order valence-electron chi connectivity index (χ3n) is 6.94. The number of nitrogens with zero attached hydrogens (tertiary/aromatic N) is 3. The van der Waals surface area contributed by atoms with E-state index in [1.54, 1.807) is 13.8 Å². The van der Waals surface area contributed by atoms with Gasteiger partial charge in [-0.3, -0.25) is 0 Å². The molecule has 0 fully saturated rings. The van der Waals surface area contributed by atoms with Gasteiger partial charge in [0.25, 0.3) is 0 Å². The summed E-state index contributed by atoms with van der Waals surface area (Å²) in [4.78, 5) is 14.5. The maximum atomic E-state index is 10.4. The smallest absolute Gasteiger partial charge is 0.309 e. The molecule has 0 aliphatic heterocycles. The van der Waals surface area contributed by atoms with Gasteiger partial charge in [0.05, 0.1) is 11.2 Å². The molecule has 184 valence electrons. The first kappa shape index (κ1) is 24.8. The molecule has 0 unspecified atom stereocenters. The highest BCUT2D eigenvalue weighted by Crippen LogP contribution is 2.27. The van der Waals surface area contributed by atoms with Crippen LogP contribution in [0.25, 0.3) is 44.9 Å². The van der Waals surface area contributed by atoms with E-state index in [2.05, 4.69) is 30.3 Å². The molecule has 0 aliphatic carbocycles. The quantitative estimate of drug-likeness (QED) is 0.304. The molecule has 0 saturated heterocycles. The van der Waals surface area contributed by atoms with Gasteiger partial charge in [0.2, 0.25) is 0 Å². The number of rotatable bonds is 7. The number of hydrogen-bond donors (Lipinski definition) is 1. The van der Waals surface area contributed by atoms with Gasteiger partial charge in [-0.05, 0) is 44.5 Å². The third-order valence-corrected chi connectivity index (χ3v) is 6.94. The van der Waals surface area contributed by atoms with Crippen LogP contribution >= 0.6 is 0 Å². The monoisotopic (exact) mass is 487 g/mol. The molecule has 5 aromatic rings. The third kappa shape index (κ3) is 5.46. The number of hydrogen-bond acceptors (Lipinski definition) is 5. The van der Waals surface area contributed by atoms with Crippen molar-refractivity contribution in [2.24, 2.45) is 0 Å². The van der Waals surface area contributed by atoms with Crippen molar-refractivity contribution >= 4 is 23.7 Å². The first-order valence-corrected chi connectivity index (χ1v) is 12.5. The lowest BCUT2D eigenvalue weighted by Gasteiger charge is -2.37. The van der Waals surface area contributed by atoms with Gasteiger partial charge in [-0.15, -0.1) is 0 Å². The normalized spacial score (nSPS) is 12.0. The van der Waals surface area contributed by atoms with E-state index in [1.807, 2.05) is 80.6 Å². The fourth-order valence-corrected chi connectivity index (χ4v) is 3.90. The predicted molar refractivity (Wildman–Crippen MR) is 152 cm³/mol. The van der Waals surface area contributed by atoms with Crippen molar-refractivity contribution in [3.63, 3.8) is 0 Å². The van der Waals surface area contributed by atoms with Gasteiger partial charge in [-0.2, -0.15) is 0 Å². The first-order valence-electron chi connectivity index (χ1n) is 12.5. The van der Waals surface area contributed by atoms with Crippen molar-refractivity contribution in [3.8, 4) is 34.2 Å². The Morgan fingerprint density at radius 3 is 1.62 bits per heavy atom. The first-order chi connectivity index (χ1) is 17.7. The van der Waals surface area contributed by atoms with Crippen LogP contribution in [0.1, 0.15) is 27.7 Å². The van der Waals surface area contributed by atoms with Gasteiger partial charge in [0, 0.05) is 16.7 Å². The van der Waals surface area contributed by atoms with Gasteiger partial charge in [-0.25, -0.2) is 15.0 Å². The summed E-state index contributed by atoms with van der Waals surface area (Å²) in [5, 5.41) is 12.6. The molecule has 37 heavy (non-hydrogen) atoms. The van der Waals surface area contributed by atoms with Crippen LogP contribution in [0.15, 0.2) is 97.1 Å². The predicted octanol–water partition coefficient (Wildman–Crippen LogP) is 5.57. The summed E-state index contributed by atoms with van der Waals surface area (Å²) in [5.41, 5.74) is 2.26. The Kier molecular flexibility index (Phi) is 6.63. The highest BCUT2D eigenvalue weighted by Gasteiger charge is 2.35. The van der Waals surface area contributed by atoms with Crippen molar-refractivity contribution in [1.29, 1.82) is 0 Å². The van der Waals surface area contributed by atoms with Crippen molar-refractivity contribution < 1.29 is 9.76 Å². The Morgan fingerprint density at radius 1 is 0.595 bits per heavy atom. The summed E-state index contributed by atoms with van der Waals surface area (Å²) in [6.45, 7) is 7.34. The Hall–Kier alpha value is -3.87. The zero-order valence-corrected chi connectivity index (χ0v) is 21.6. The van der Waals surface area contributed by atoms with E-state index in [4.69, 9.17) is 19.6 Å². The van der Waals surface area contributed by atoms with Gasteiger partial charge in [-0.1, -0.05) is 96.5 Å². The second-order valence-electron chi connectivity index (χ2n) is 10.3. The minimum Gasteiger partial charge on any atom is -0.427 e. The molecular weight excluding hydrogens is 457 g/mol. The van der Waals surface area contributed by atoms with E-state index in [-0.39, 0.29) is 0 Å². The zero-order valence-electron chi connectivity index (χ0n) is 21.6. The zero-order chi connectivity index (χ0) is 26.0. The van der Waals surface area contributed by atoms with Crippen molar-refractivity contribution in [1.82, 2.24) is 15.0 Å². The lowest BCUT2D eigenvalue weighted by molar-refractivity contribution is -0.0893. The van der Waals surface area contributed by atoms with Crippen LogP contribution in [-0.4, -0.2) is 38.7 Å². The van der Waals surface area contributed by atoms with E-state index >= 15 is 0 Å². The van der Waals surface area contributed by atoms with Crippen LogP contribution in [0, 0.1) is 0 Å². The molecular formula is C31H30BN3O2. The topological polar surface area (TPSA) is 68.1 Å². The van der Waals surface area contributed by atoms with E-state index in [9.17, 15) is 5.11 Å². The minimum atomic E-state index is -0.944. The second-order valence-corrected chi connectivity index (χ2v) is 10.3. The largest absolute Gasteiger partial charge is 0.427 e. The number of benzene rings is 4. The molecule has 0 radical (unpaired) electrons. The lowest BCUT2D eigenvalue weighted by Crippen LogP contribution is -2.49. The molecule has 1 N–H and O–H groups in total. The molecule has 6 heteroatoms. The van der Waals surface area contributed by atoms with Gasteiger partial charge in [0.1, 0.15) is 0 Å². The standard InChI is InChI=1S/C31H30BN3O2/c1-30(2,36)31(3,4)37-32-26-18-17-23-19-25(16-15-24(23)20-26)29-34-27(21-11-7-5-8-12-21)33-28(35-29)22-13-9-6-10-14-22/h5-20,32,36H,1-4H3. The molecule has 0 saturated carbocycles. The summed E-state index contributed by atoms with van der Waals surface area (Å²) in [5.74, 6) is 1.92. The van der Waals surface area contributed by atoms with E-state index in [0.717, 1.165) is 32.9 Å². The number of aromatic nitrogens is 3. The van der Waals surface area contributed by atoms with Crippen molar-refractivity contribution in [3.05, 3.63) is 97.1 Å². The van der Waals surface area contributed by atoms with Crippen molar-refractivity contribution in [2.45, 2.75) is 38.9 Å². The summed E-state index contributed by atoms with van der Waals surface area (Å²) in [6.07, 6.45) is 0. The minimum absolute atomic E-state index is 0.420. The molecule has 0 spiro atoms. The van der Waals surface area contributed by atoms with Gasteiger partial charge < -0.3 is 9.76 Å². The fraction of sp³-hybridized carbons (Fsp3) is 0.194. The lowest BCUT2D eigenvalue weighted by atomic mass is 9.82. The van der Waals surface area contributed by atoms with Crippen LogP contribution in [0.5, 0.6) is 0 Å². The van der Waals surface area contributed by atoms with Crippen LogP contribution in [0.3, 0.4) is 0 Å². The molecule has 0 aliphatic rings. The second kappa shape index (κ2) is 9.89. The van der Waals surface area contributed by atoms with Crippen LogP contribution < -0.4 is 5.46 Å². The highest BCUT2D eigenvalue weighted by molar-refractivity contribution is 6.47. The van der Waals surface area contributed by atoms with Crippen LogP contribution in [-0.2, 0) is 4.65 Å². The molecule has 1 heterocycles.